The highest BCUT2D eigenvalue weighted by molar-refractivity contribution is 5.88. The molecule has 3 rings (SSSR count). The van der Waals surface area contributed by atoms with Crippen molar-refractivity contribution in [2.24, 2.45) is 17.3 Å². The van der Waals surface area contributed by atoms with Crippen LogP contribution in [0.5, 0.6) is 0 Å². The van der Waals surface area contributed by atoms with E-state index in [0.717, 1.165) is 19.3 Å². The van der Waals surface area contributed by atoms with E-state index in [0.29, 0.717) is 30.8 Å². The molecule has 0 spiro atoms. The van der Waals surface area contributed by atoms with Crippen LogP contribution in [0.3, 0.4) is 0 Å². The summed E-state index contributed by atoms with van der Waals surface area (Å²) >= 11 is 0. The predicted molar refractivity (Wildman–Crippen MR) is 68.4 cm³/mol. The van der Waals surface area contributed by atoms with Crippen LogP contribution in [-0.2, 0) is 14.3 Å². The van der Waals surface area contributed by atoms with E-state index in [1.54, 1.807) is 6.92 Å². The van der Waals surface area contributed by atoms with Crippen molar-refractivity contribution in [3.63, 3.8) is 0 Å². The summed E-state index contributed by atoms with van der Waals surface area (Å²) in [6.07, 6.45) is 4.93. The molecule has 19 heavy (non-hydrogen) atoms. The Bertz CT molecular complexity index is 469. The van der Waals surface area contributed by atoms with E-state index in [4.69, 9.17) is 4.74 Å². The first-order valence-corrected chi connectivity index (χ1v) is 7.05. The van der Waals surface area contributed by atoms with Crippen LogP contribution in [0, 0.1) is 17.3 Å². The second-order valence-corrected chi connectivity index (χ2v) is 6.45. The summed E-state index contributed by atoms with van der Waals surface area (Å²) in [6.45, 7) is 5.23. The molecule has 2 bridgehead atoms. The molecule has 4 unspecified atom stereocenters. The molecule has 4 heteroatoms. The molecule has 104 valence electrons. The Morgan fingerprint density at radius 3 is 2.68 bits per heavy atom. The fourth-order valence-corrected chi connectivity index (χ4v) is 4.88. The maximum absolute atomic E-state index is 12.0. The molecule has 0 aliphatic heterocycles. The van der Waals surface area contributed by atoms with Gasteiger partial charge in [-0.3, -0.25) is 4.79 Å². The first kappa shape index (κ1) is 12.7. The molecule has 1 N–H and O–H groups in total. The Balaban J connectivity index is 2.02. The zero-order valence-electron chi connectivity index (χ0n) is 11.3. The minimum atomic E-state index is -0.843. The van der Waals surface area contributed by atoms with Crippen molar-refractivity contribution in [1.29, 1.82) is 0 Å². The normalized spacial score (nSPS) is 43.0. The van der Waals surface area contributed by atoms with E-state index in [1.165, 1.54) is 0 Å². The van der Waals surface area contributed by atoms with Gasteiger partial charge in [0.05, 0.1) is 0 Å². The van der Waals surface area contributed by atoms with Gasteiger partial charge in [-0.15, -0.1) is 0 Å². The van der Waals surface area contributed by atoms with Crippen LogP contribution in [0.25, 0.3) is 0 Å². The number of hydrogen-bond acceptors (Lipinski definition) is 3. The van der Waals surface area contributed by atoms with Gasteiger partial charge < -0.3 is 9.84 Å². The second-order valence-electron chi connectivity index (χ2n) is 6.45. The largest absolute Gasteiger partial charge is 0.481 e. The summed E-state index contributed by atoms with van der Waals surface area (Å²) in [5.74, 6) is -0.564. The molecule has 0 aromatic carbocycles. The molecule has 0 aromatic heterocycles. The number of ether oxygens (including phenoxy) is 1. The summed E-state index contributed by atoms with van der Waals surface area (Å²) in [4.78, 5) is 23.8. The Labute approximate surface area is 112 Å². The first-order chi connectivity index (χ1) is 8.93. The third-order valence-corrected chi connectivity index (χ3v) is 5.63. The van der Waals surface area contributed by atoms with Gasteiger partial charge in [-0.05, 0) is 51.4 Å². The van der Waals surface area contributed by atoms with Crippen molar-refractivity contribution in [2.45, 2.75) is 51.0 Å². The molecule has 3 aliphatic rings. The molecule has 0 amide bonds. The lowest BCUT2D eigenvalue weighted by Crippen LogP contribution is -2.54. The highest BCUT2D eigenvalue weighted by atomic mass is 16.6. The predicted octanol–water partition coefficient (Wildman–Crippen LogP) is 2.53. The zero-order valence-corrected chi connectivity index (χ0v) is 11.3. The van der Waals surface area contributed by atoms with Crippen LogP contribution in [0.15, 0.2) is 12.2 Å². The lowest BCUT2D eigenvalue weighted by Gasteiger charge is -2.44. The molecular formula is C15H20O4. The molecule has 3 aliphatic carbocycles. The van der Waals surface area contributed by atoms with E-state index in [2.05, 4.69) is 6.58 Å². The summed E-state index contributed by atoms with van der Waals surface area (Å²) in [5, 5.41) is 9.74. The third kappa shape index (κ3) is 1.40. The van der Waals surface area contributed by atoms with Crippen LogP contribution in [-0.4, -0.2) is 22.6 Å². The zero-order chi connectivity index (χ0) is 13.8. The maximum atomic E-state index is 12.0. The van der Waals surface area contributed by atoms with Crippen molar-refractivity contribution in [3.8, 4) is 0 Å². The van der Waals surface area contributed by atoms with Gasteiger partial charge in [0, 0.05) is 11.5 Å². The molecule has 0 radical (unpaired) electrons. The number of carbonyl (C=O) groups excluding carboxylic acids is 1. The summed E-state index contributed by atoms with van der Waals surface area (Å²) in [6, 6.07) is 0. The van der Waals surface area contributed by atoms with Crippen molar-refractivity contribution in [3.05, 3.63) is 12.2 Å². The lowest BCUT2D eigenvalue weighted by molar-refractivity contribution is -0.189. The SMILES string of the molecule is C=C(C)C(=O)OC12CCCC1C1CCC2(C(=O)O)C1. The van der Waals surface area contributed by atoms with Gasteiger partial charge in [0.15, 0.2) is 0 Å². The molecule has 0 aromatic rings. The highest BCUT2D eigenvalue weighted by Crippen LogP contribution is 2.69. The number of carboxylic acids is 1. The average molecular weight is 264 g/mol. The third-order valence-electron chi connectivity index (χ3n) is 5.63. The molecule has 3 fully saturated rings. The Kier molecular flexibility index (Phi) is 2.57. The Hall–Kier alpha value is -1.32. The maximum Gasteiger partial charge on any atom is 0.333 e. The lowest BCUT2D eigenvalue weighted by atomic mass is 9.67. The van der Waals surface area contributed by atoms with Gasteiger partial charge in [-0.1, -0.05) is 6.58 Å². The molecule has 4 nitrogen and oxygen atoms in total. The molecule has 0 saturated heterocycles. The summed E-state index contributed by atoms with van der Waals surface area (Å²) in [7, 11) is 0. The number of rotatable bonds is 3. The van der Waals surface area contributed by atoms with Gasteiger partial charge in [0.1, 0.15) is 11.0 Å². The number of hydrogen-bond donors (Lipinski definition) is 1. The fraction of sp³-hybridized carbons (Fsp3) is 0.733. The van der Waals surface area contributed by atoms with E-state index >= 15 is 0 Å². The van der Waals surface area contributed by atoms with E-state index in [1.807, 2.05) is 0 Å². The second kappa shape index (κ2) is 3.84. The Morgan fingerprint density at radius 1 is 1.32 bits per heavy atom. The molecule has 4 atom stereocenters. The highest BCUT2D eigenvalue weighted by Gasteiger charge is 2.74. The quantitative estimate of drug-likeness (QED) is 0.628. The average Bonchev–Trinajstić information content (AvgIpc) is 2.97. The van der Waals surface area contributed by atoms with E-state index in [9.17, 15) is 14.7 Å². The Morgan fingerprint density at radius 2 is 2.05 bits per heavy atom. The number of esters is 1. The van der Waals surface area contributed by atoms with Crippen molar-refractivity contribution >= 4 is 11.9 Å². The first-order valence-electron chi connectivity index (χ1n) is 7.05. The standard InChI is InChI=1S/C15H20O4/c1-9(2)12(16)19-15-6-3-4-11(15)10-5-7-14(15,8-10)13(17)18/h10-11H,1,3-8H2,2H3,(H,17,18). The number of fused-ring (bicyclic) bond motifs is 5. The van der Waals surface area contributed by atoms with E-state index in [-0.39, 0.29) is 5.92 Å². The van der Waals surface area contributed by atoms with Crippen LogP contribution in [0.1, 0.15) is 45.4 Å². The van der Waals surface area contributed by atoms with Gasteiger partial charge in [0.25, 0.3) is 0 Å². The van der Waals surface area contributed by atoms with Crippen LogP contribution >= 0.6 is 0 Å². The number of carbonyl (C=O) groups is 2. The smallest absolute Gasteiger partial charge is 0.333 e. The molecule has 0 heterocycles. The monoisotopic (exact) mass is 264 g/mol. The molecule has 3 saturated carbocycles. The van der Waals surface area contributed by atoms with Gasteiger partial charge in [-0.2, -0.15) is 0 Å². The topological polar surface area (TPSA) is 63.6 Å². The van der Waals surface area contributed by atoms with Crippen molar-refractivity contribution in [2.75, 3.05) is 0 Å². The summed E-state index contributed by atoms with van der Waals surface area (Å²) < 4.78 is 5.76. The van der Waals surface area contributed by atoms with Crippen molar-refractivity contribution < 1.29 is 19.4 Å². The summed E-state index contributed by atoms with van der Waals surface area (Å²) in [5.41, 5.74) is -1.26. The van der Waals surface area contributed by atoms with Gasteiger partial charge in [-0.25, -0.2) is 4.79 Å². The van der Waals surface area contributed by atoms with Gasteiger partial charge >= 0.3 is 11.9 Å². The van der Waals surface area contributed by atoms with Crippen LogP contribution in [0.4, 0.5) is 0 Å². The minimum Gasteiger partial charge on any atom is -0.481 e. The van der Waals surface area contributed by atoms with Crippen LogP contribution in [0.2, 0.25) is 0 Å². The van der Waals surface area contributed by atoms with Gasteiger partial charge in [0.2, 0.25) is 0 Å². The molecular weight excluding hydrogens is 244 g/mol. The van der Waals surface area contributed by atoms with E-state index < -0.39 is 23.0 Å². The van der Waals surface area contributed by atoms with Crippen molar-refractivity contribution in [1.82, 2.24) is 0 Å². The number of aliphatic carboxylic acids is 1. The minimum absolute atomic E-state index is 0.237. The van der Waals surface area contributed by atoms with Crippen LogP contribution < -0.4 is 0 Å². The number of carboxylic acid groups (broad SMARTS) is 1. The fourth-order valence-electron chi connectivity index (χ4n) is 4.88.